The number of hydrogen-bond donors (Lipinski definition) is 5. The maximum absolute atomic E-state index is 15.8. The van der Waals surface area contributed by atoms with Gasteiger partial charge in [-0.3, -0.25) is 24.0 Å². The van der Waals surface area contributed by atoms with Crippen molar-refractivity contribution in [1.82, 2.24) is 20.9 Å². The summed E-state index contributed by atoms with van der Waals surface area (Å²) in [7, 11) is 0. The molecule has 59 heavy (non-hydrogen) atoms. The number of rotatable bonds is 11. The van der Waals surface area contributed by atoms with E-state index < -0.39 is 107 Å². The van der Waals surface area contributed by atoms with Crippen LogP contribution in [0.4, 0.5) is 9.18 Å². The quantitative estimate of drug-likeness (QED) is 0.151. The third kappa shape index (κ3) is 9.13. The van der Waals surface area contributed by atoms with E-state index in [0.717, 1.165) is 0 Å². The highest BCUT2D eigenvalue weighted by Gasteiger charge is 2.66. The molecule has 5 aliphatic rings. The Morgan fingerprint density at radius 2 is 1.66 bits per heavy atom. The van der Waals surface area contributed by atoms with E-state index in [1.54, 1.807) is 40.7 Å². The molecule has 15 nitrogen and oxygen atoms in total. The molecular formula is C43H63FN4O11. The molecule has 5 N–H and O–H groups in total. The Bertz CT molecular complexity index is 1780. The van der Waals surface area contributed by atoms with Crippen molar-refractivity contribution in [3.63, 3.8) is 0 Å². The van der Waals surface area contributed by atoms with Crippen molar-refractivity contribution >= 4 is 41.4 Å². The van der Waals surface area contributed by atoms with Crippen LogP contribution in [-0.2, 0) is 38.2 Å². The van der Waals surface area contributed by atoms with Crippen molar-refractivity contribution in [3.8, 4) is 0 Å². The van der Waals surface area contributed by atoms with Gasteiger partial charge in [-0.25, -0.2) is 14.0 Å². The van der Waals surface area contributed by atoms with Gasteiger partial charge in [0.15, 0.2) is 5.78 Å². The van der Waals surface area contributed by atoms with Gasteiger partial charge in [-0.15, -0.1) is 0 Å². The highest BCUT2D eigenvalue weighted by molar-refractivity contribution is 6.01. The van der Waals surface area contributed by atoms with Gasteiger partial charge in [0.05, 0.1) is 6.10 Å². The zero-order chi connectivity index (χ0) is 44.1. The van der Waals surface area contributed by atoms with E-state index in [-0.39, 0.29) is 55.3 Å². The molecule has 0 aromatic carbocycles. The molecule has 1 saturated heterocycles. The SMILES string of the molecule is CC(C)[C@H](NC(=O)[C@@H]1CCCN1C(=O)[C@H](C)NC(=O)[C@H](C)NC(=O)OC(C)(C)C)C(=O)OC(O)C(=O)[C@H]1[C@H](C)C[C@H]2[C@@H]3C[C@H](F)C4=CC(=O)C=C[C@]4(C)[C@H]3[C@@H](O)C[C@@]21C. The highest BCUT2D eigenvalue weighted by Crippen LogP contribution is 2.67. The van der Waals surface area contributed by atoms with Crippen molar-refractivity contribution in [2.24, 2.45) is 46.3 Å². The third-order valence-corrected chi connectivity index (χ3v) is 13.5. The predicted octanol–water partition coefficient (Wildman–Crippen LogP) is 3.06. The Hall–Kier alpha value is -4.18. The fourth-order valence-electron chi connectivity index (χ4n) is 11.0. The van der Waals surface area contributed by atoms with Crippen LogP contribution in [0.5, 0.6) is 0 Å². The second-order valence-corrected chi connectivity index (χ2v) is 19.3. The lowest BCUT2D eigenvalue weighted by atomic mass is 9.46. The summed E-state index contributed by atoms with van der Waals surface area (Å²) in [5.41, 5.74) is -2.14. The normalized spacial score (nSPS) is 34.6. The van der Waals surface area contributed by atoms with Gasteiger partial charge in [0.25, 0.3) is 6.29 Å². The van der Waals surface area contributed by atoms with E-state index in [1.165, 1.54) is 30.9 Å². The molecule has 16 heteroatoms. The molecule has 14 atom stereocenters. The summed E-state index contributed by atoms with van der Waals surface area (Å²) in [5, 5.41) is 30.5. The maximum Gasteiger partial charge on any atom is 0.408 e. The fourth-order valence-corrected chi connectivity index (χ4v) is 11.0. The number of nitrogens with zero attached hydrogens (tertiary/aromatic N) is 1. The lowest BCUT2D eigenvalue weighted by Gasteiger charge is -2.59. The van der Waals surface area contributed by atoms with Gasteiger partial charge >= 0.3 is 12.1 Å². The lowest BCUT2D eigenvalue weighted by molar-refractivity contribution is -0.185. The first kappa shape index (κ1) is 45.9. The number of nitrogens with one attached hydrogen (secondary N) is 3. The number of Topliss-reactive ketones (excluding diaryl/α,β-unsaturated/α-hetero) is 1. The number of carbonyl (C=O) groups excluding carboxylic acids is 7. The molecule has 1 aliphatic heterocycles. The summed E-state index contributed by atoms with van der Waals surface area (Å²) in [5.74, 6) is -6.50. The Kier molecular flexibility index (Phi) is 13.3. The second kappa shape index (κ2) is 17.1. The fraction of sp³-hybridized carbons (Fsp3) is 0.744. The first-order valence-corrected chi connectivity index (χ1v) is 20.9. The first-order valence-electron chi connectivity index (χ1n) is 20.9. The number of halogens is 1. The van der Waals surface area contributed by atoms with Crippen LogP contribution in [0.25, 0.3) is 0 Å². The smallest absolute Gasteiger partial charge is 0.408 e. The van der Waals surface area contributed by atoms with Crippen LogP contribution in [0.15, 0.2) is 23.8 Å². The van der Waals surface area contributed by atoms with Crippen molar-refractivity contribution < 1.29 is 57.6 Å². The summed E-state index contributed by atoms with van der Waals surface area (Å²) in [6, 6.07) is -4.38. The number of likely N-dealkylation sites (tertiary alicyclic amines) is 1. The third-order valence-electron chi connectivity index (χ3n) is 13.5. The Morgan fingerprint density at radius 3 is 2.29 bits per heavy atom. The molecule has 0 aromatic heterocycles. The summed E-state index contributed by atoms with van der Waals surface area (Å²) >= 11 is 0. The molecule has 5 rings (SSSR count). The number of carbonyl (C=O) groups is 7. The molecule has 328 valence electrons. The minimum atomic E-state index is -2.18. The minimum absolute atomic E-state index is 0.0928. The number of alkyl carbamates (subject to hydrolysis) is 1. The van der Waals surface area contributed by atoms with Crippen LogP contribution in [0, 0.1) is 46.3 Å². The monoisotopic (exact) mass is 830 g/mol. The number of ether oxygens (including phenoxy) is 2. The zero-order valence-corrected chi connectivity index (χ0v) is 35.9. The first-order chi connectivity index (χ1) is 27.3. The molecule has 0 aromatic rings. The molecule has 4 amide bonds. The van der Waals surface area contributed by atoms with Gasteiger partial charge < -0.3 is 40.5 Å². The topological polar surface area (TPSA) is 218 Å². The number of aliphatic hydroxyl groups is 2. The van der Waals surface area contributed by atoms with Gasteiger partial charge in [-0.1, -0.05) is 40.7 Å². The summed E-state index contributed by atoms with van der Waals surface area (Å²) in [4.78, 5) is 93.3. The molecule has 1 heterocycles. The van der Waals surface area contributed by atoms with E-state index in [4.69, 9.17) is 9.47 Å². The van der Waals surface area contributed by atoms with E-state index >= 15 is 4.39 Å². The van der Waals surface area contributed by atoms with Gasteiger partial charge in [-0.2, -0.15) is 0 Å². The summed E-state index contributed by atoms with van der Waals surface area (Å²) < 4.78 is 26.4. The molecule has 1 unspecified atom stereocenters. The summed E-state index contributed by atoms with van der Waals surface area (Å²) in [6.45, 7) is 17.0. The minimum Gasteiger partial charge on any atom is -0.444 e. The number of hydrogen-bond acceptors (Lipinski definition) is 11. The van der Waals surface area contributed by atoms with Gasteiger partial charge in [-0.05, 0) is 114 Å². The number of allylic oxidation sites excluding steroid dienone is 4. The molecule has 3 saturated carbocycles. The average Bonchev–Trinajstić information content (AvgIpc) is 3.71. The second-order valence-electron chi connectivity index (χ2n) is 19.3. The predicted molar refractivity (Wildman–Crippen MR) is 211 cm³/mol. The number of ketones is 2. The zero-order valence-electron chi connectivity index (χ0n) is 35.9. The van der Waals surface area contributed by atoms with Crippen LogP contribution in [0.3, 0.4) is 0 Å². The number of amides is 4. The van der Waals surface area contributed by atoms with E-state index in [9.17, 15) is 43.8 Å². The van der Waals surface area contributed by atoms with E-state index in [1.807, 2.05) is 20.8 Å². The van der Waals surface area contributed by atoms with Gasteiger partial charge in [0.2, 0.25) is 23.5 Å². The van der Waals surface area contributed by atoms with Crippen LogP contribution in [0.1, 0.15) is 101 Å². The van der Waals surface area contributed by atoms with Gasteiger partial charge in [0, 0.05) is 23.8 Å². The largest absolute Gasteiger partial charge is 0.444 e. The van der Waals surface area contributed by atoms with Gasteiger partial charge in [0.1, 0.15) is 35.9 Å². The number of alkyl halides is 1. The standard InChI is InChI=1S/C43H63FN4O11/c1-20(2)33(47-36(53)29-12-11-15-48(29)37(54)23(5)45-35(52)22(4)46-40(57)59-41(6,7)8)38(55)58-39(56)34(51)31-21(3)16-26-25-18-28(44)27-17-24(49)13-14-42(27,9)32(25)30(50)19-43(26,31)10/h13-14,17,20-23,25-26,28-33,39,50,56H,11-12,15-16,18-19H2,1-10H3,(H,45,52)(H,46,57)(H,47,53)/t21-,22+,23+,25+,26+,28+,29+,30+,31-,32-,33+,39?,42+,43+/m1/s1. The molecule has 0 bridgehead atoms. The average molecular weight is 831 g/mol. The molecule has 4 fully saturated rings. The lowest BCUT2D eigenvalue weighted by Crippen LogP contribution is -2.59. The Balaban J connectivity index is 1.21. The van der Waals surface area contributed by atoms with Crippen molar-refractivity contribution in [1.29, 1.82) is 0 Å². The van der Waals surface area contributed by atoms with E-state index in [0.29, 0.717) is 18.4 Å². The summed E-state index contributed by atoms with van der Waals surface area (Å²) in [6.07, 6.45) is 0.698. The Morgan fingerprint density at radius 1 is 1.00 bits per heavy atom. The molecule has 4 aliphatic carbocycles. The van der Waals surface area contributed by atoms with Crippen LogP contribution in [0.2, 0.25) is 0 Å². The number of esters is 1. The maximum atomic E-state index is 15.8. The number of fused-ring (bicyclic) bond motifs is 5. The molecule has 0 spiro atoms. The van der Waals surface area contributed by atoms with Crippen molar-refractivity contribution in [3.05, 3.63) is 23.8 Å². The van der Waals surface area contributed by atoms with Crippen molar-refractivity contribution in [2.75, 3.05) is 6.54 Å². The van der Waals surface area contributed by atoms with Crippen LogP contribution < -0.4 is 16.0 Å². The van der Waals surface area contributed by atoms with Crippen LogP contribution in [-0.4, -0.2) is 111 Å². The molecule has 0 radical (unpaired) electrons. The van der Waals surface area contributed by atoms with E-state index in [2.05, 4.69) is 16.0 Å². The molecular weight excluding hydrogens is 767 g/mol. The number of aliphatic hydroxyl groups excluding tert-OH is 2. The van der Waals surface area contributed by atoms with Crippen LogP contribution >= 0.6 is 0 Å². The Labute approximate surface area is 345 Å². The highest BCUT2D eigenvalue weighted by atomic mass is 19.1. The van der Waals surface area contributed by atoms with Crippen molar-refractivity contribution in [2.45, 2.75) is 150 Å².